The van der Waals surface area contributed by atoms with Gasteiger partial charge in [0.1, 0.15) is 0 Å². The van der Waals surface area contributed by atoms with Crippen molar-refractivity contribution in [1.29, 1.82) is 0 Å². The van der Waals surface area contributed by atoms with Gasteiger partial charge in [-0.1, -0.05) is 11.6 Å². The van der Waals surface area contributed by atoms with Gasteiger partial charge < -0.3 is 5.11 Å². The Morgan fingerprint density at radius 3 is 2.62 bits per heavy atom. The number of halogens is 2. The van der Waals surface area contributed by atoms with Gasteiger partial charge in [0, 0.05) is 22.2 Å². The Kier molecular flexibility index (Phi) is 2.57. The lowest BCUT2D eigenvalue weighted by atomic mass is 10.2. The molecular formula is C7H4ClFNO3+. The van der Waals surface area contributed by atoms with Crippen LogP contribution in [0.5, 0.6) is 0 Å². The van der Waals surface area contributed by atoms with Crippen LogP contribution in [0.15, 0.2) is 12.1 Å². The Balaban J connectivity index is 3.38. The normalized spacial score (nSPS) is 9.69. The summed E-state index contributed by atoms with van der Waals surface area (Å²) in [5, 5.41) is 9.56. The maximum Gasteiger partial charge on any atom is 0.337 e. The lowest BCUT2D eigenvalue weighted by Gasteiger charge is -1.96. The van der Waals surface area contributed by atoms with Crippen LogP contribution in [-0.2, 0) is 0 Å². The Bertz CT molecular complexity index is 380. The zero-order chi connectivity index (χ0) is 10.0. The van der Waals surface area contributed by atoms with Crippen molar-refractivity contribution in [3.05, 3.63) is 33.4 Å². The standard InChI is InChI=1S/C7H3ClFNO3/c8-4-2-5(9)6(10-13)1-3(4)7(11)12/h1-2H,(H,11,12)/p+1. The van der Waals surface area contributed by atoms with Gasteiger partial charge in [-0.05, 0) is 0 Å². The van der Waals surface area contributed by atoms with Crippen LogP contribution in [0.25, 0.3) is 0 Å². The van der Waals surface area contributed by atoms with Gasteiger partial charge in [-0.2, -0.15) is 4.39 Å². The molecule has 0 unspecified atom stereocenters. The fraction of sp³-hybridized carbons (Fsp3) is 0. The van der Waals surface area contributed by atoms with Gasteiger partial charge in [-0.15, -0.1) is 0 Å². The van der Waals surface area contributed by atoms with Crippen molar-refractivity contribution in [3.63, 3.8) is 0 Å². The molecule has 0 heterocycles. The average Bonchev–Trinajstić information content (AvgIpc) is 2.03. The molecule has 0 saturated heterocycles. The molecular weight excluding hydrogens is 201 g/mol. The second-order valence-corrected chi connectivity index (χ2v) is 2.63. The molecule has 0 aliphatic rings. The molecule has 2 N–H and O–H groups in total. The summed E-state index contributed by atoms with van der Waals surface area (Å²) in [6.45, 7) is 0. The minimum Gasteiger partial charge on any atom is -0.478 e. The van der Waals surface area contributed by atoms with E-state index in [0.717, 1.165) is 12.1 Å². The lowest BCUT2D eigenvalue weighted by Crippen LogP contribution is -2.56. The van der Waals surface area contributed by atoms with E-state index in [2.05, 4.69) is 0 Å². The number of nitroso groups, excluding NO2 is 1. The first-order valence-electron chi connectivity index (χ1n) is 3.16. The van der Waals surface area contributed by atoms with E-state index >= 15 is 0 Å². The van der Waals surface area contributed by atoms with E-state index < -0.39 is 17.5 Å². The van der Waals surface area contributed by atoms with E-state index in [4.69, 9.17) is 16.7 Å². The molecule has 0 amide bonds. The van der Waals surface area contributed by atoms with Crippen molar-refractivity contribution in [2.75, 3.05) is 0 Å². The van der Waals surface area contributed by atoms with Gasteiger partial charge in [0.25, 0.3) is 5.69 Å². The molecule has 0 aromatic heterocycles. The number of hydrogen-bond donors (Lipinski definition) is 2. The van der Waals surface area contributed by atoms with Crippen molar-refractivity contribution >= 4 is 23.3 Å². The topological polar surface area (TPSA) is 68.3 Å². The number of carboxylic acid groups (broad SMARTS) is 1. The molecule has 0 atom stereocenters. The number of carboxylic acids is 1. The Labute approximate surface area is 76.9 Å². The van der Waals surface area contributed by atoms with E-state index in [1.807, 2.05) is 0 Å². The third kappa shape index (κ3) is 1.81. The first-order valence-corrected chi connectivity index (χ1v) is 3.54. The summed E-state index contributed by atoms with van der Waals surface area (Å²) in [7, 11) is 0. The predicted molar refractivity (Wildman–Crippen MR) is 42.4 cm³/mol. The SMILES string of the molecule is O=[NH+]c1cc(C(=O)O)c(Cl)cc1F. The first-order chi connectivity index (χ1) is 6.06. The minimum atomic E-state index is -1.32. The van der Waals surface area contributed by atoms with Crippen molar-refractivity contribution in [2.45, 2.75) is 0 Å². The molecule has 0 bridgehead atoms. The summed E-state index contributed by atoms with van der Waals surface area (Å²) < 4.78 is 12.8. The summed E-state index contributed by atoms with van der Waals surface area (Å²) in [5.41, 5.74) is -0.761. The summed E-state index contributed by atoms with van der Waals surface area (Å²) in [6.07, 6.45) is 0. The highest BCUT2D eigenvalue weighted by Crippen LogP contribution is 2.21. The molecule has 0 spiro atoms. The van der Waals surface area contributed by atoms with Gasteiger partial charge >= 0.3 is 5.97 Å². The highest BCUT2D eigenvalue weighted by Gasteiger charge is 2.17. The predicted octanol–water partition coefficient (Wildman–Crippen LogP) is 0.656. The van der Waals surface area contributed by atoms with E-state index in [9.17, 15) is 14.1 Å². The largest absolute Gasteiger partial charge is 0.478 e. The Morgan fingerprint density at radius 2 is 2.15 bits per heavy atom. The third-order valence-electron chi connectivity index (χ3n) is 1.40. The summed E-state index contributed by atoms with van der Waals surface area (Å²) in [6, 6.07) is 1.61. The molecule has 0 aliphatic heterocycles. The summed E-state index contributed by atoms with van der Waals surface area (Å²) >= 11 is 5.40. The highest BCUT2D eigenvalue weighted by atomic mass is 35.5. The molecule has 6 heteroatoms. The van der Waals surface area contributed by atoms with Crippen LogP contribution in [0.3, 0.4) is 0 Å². The van der Waals surface area contributed by atoms with Crippen LogP contribution in [0.1, 0.15) is 10.4 Å². The lowest BCUT2D eigenvalue weighted by molar-refractivity contribution is -0.382. The van der Waals surface area contributed by atoms with Crippen molar-refractivity contribution in [2.24, 2.45) is 0 Å². The number of rotatable bonds is 2. The van der Waals surface area contributed by atoms with Gasteiger partial charge in [0.2, 0.25) is 0 Å². The fourth-order valence-electron chi connectivity index (χ4n) is 0.791. The van der Waals surface area contributed by atoms with E-state index in [-0.39, 0.29) is 10.6 Å². The maximum absolute atomic E-state index is 12.8. The number of benzene rings is 1. The van der Waals surface area contributed by atoms with Crippen molar-refractivity contribution < 1.29 is 19.5 Å². The third-order valence-corrected chi connectivity index (χ3v) is 1.71. The molecule has 0 aliphatic carbocycles. The molecule has 68 valence electrons. The van der Waals surface area contributed by atoms with E-state index in [0.29, 0.717) is 0 Å². The molecule has 13 heavy (non-hydrogen) atoms. The van der Waals surface area contributed by atoms with E-state index in [1.165, 1.54) is 5.18 Å². The van der Waals surface area contributed by atoms with Crippen LogP contribution < -0.4 is 5.18 Å². The number of nitrogens with one attached hydrogen (secondary N) is 1. The molecule has 4 nitrogen and oxygen atoms in total. The second-order valence-electron chi connectivity index (χ2n) is 2.22. The zero-order valence-electron chi connectivity index (χ0n) is 6.17. The monoisotopic (exact) mass is 204 g/mol. The van der Waals surface area contributed by atoms with Crippen molar-refractivity contribution in [1.82, 2.24) is 0 Å². The van der Waals surface area contributed by atoms with Crippen LogP contribution in [-0.4, -0.2) is 11.1 Å². The Morgan fingerprint density at radius 1 is 1.54 bits per heavy atom. The van der Waals surface area contributed by atoms with Gasteiger partial charge in [0.15, 0.2) is 5.82 Å². The number of carbonyl (C=O) groups is 1. The smallest absolute Gasteiger partial charge is 0.337 e. The highest BCUT2D eigenvalue weighted by molar-refractivity contribution is 6.33. The fourth-order valence-corrected chi connectivity index (χ4v) is 1.02. The zero-order valence-corrected chi connectivity index (χ0v) is 6.93. The molecule has 1 aromatic carbocycles. The maximum atomic E-state index is 12.8. The quantitative estimate of drug-likeness (QED) is 0.744. The molecule has 1 rings (SSSR count). The average molecular weight is 205 g/mol. The number of aromatic carboxylic acids is 1. The summed E-state index contributed by atoms with van der Waals surface area (Å²) in [4.78, 5) is 20.6. The minimum absolute atomic E-state index is 0.246. The van der Waals surface area contributed by atoms with Gasteiger partial charge in [0.05, 0.1) is 10.6 Å². The van der Waals surface area contributed by atoms with Crippen LogP contribution in [0.2, 0.25) is 5.02 Å². The molecule has 0 radical (unpaired) electrons. The van der Waals surface area contributed by atoms with Crippen molar-refractivity contribution in [3.8, 4) is 0 Å². The van der Waals surface area contributed by atoms with Gasteiger partial charge in [-0.25, -0.2) is 4.79 Å². The number of hydrogen-bond acceptors (Lipinski definition) is 2. The Hall–Kier alpha value is -1.49. The molecule has 1 aromatic rings. The van der Waals surface area contributed by atoms with E-state index in [1.54, 1.807) is 0 Å². The summed E-state index contributed by atoms with van der Waals surface area (Å²) in [5.74, 6) is -2.20. The second kappa shape index (κ2) is 3.49. The first kappa shape index (κ1) is 9.60. The van der Waals surface area contributed by atoms with Crippen LogP contribution in [0.4, 0.5) is 10.1 Å². The van der Waals surface area contributed by atoms with Crippen LogP contribution >= 0.6 is 11.6 Å². The molecule has 0 fully saturated rings. The van der Waals surface area contributed by atoms with Gasteiger partial charge in [-0.3, -0.25) is 0 Å². The van der Waals surface area contributed by atoms with Crippen LogP contribution in [0, 0.1) is 10.7 Å². The molecule has 0 saturated carbocycles.